The van der Waals surface area contributed by atoms with E-state index in [1.54, 1.807) is 0 Å². The van der Waals surface area contributed by atoms with Crippen LogP contribution in [-0.4, -0.2) is 27.2 Å². The Kier molecular flexibility index (Phi) is 7.34. The van der Waals surface area contributed by atoms with Crippen molar-refractivity contribution in [1.29, 1.82) is 0 Å². The highest BCUT2D eigenvalue weighted by Gasteiger charge is 2.16. The average molecular weight is 451 g/mol. The zero-order valence-corrected chi connectivity index (χ0v) is 20.8. The minimum absolute atomic E-state index is 0.0184. The van der Waals surface area contributed by atoms with Gasteiger partial charge in [-0.05, 0) is 73.1 Å². The fourth-order valence-electron chi connectivity index (χ4n) is 3.98. The summed E-state index contributed by atoms with van der Waals surface area (Å²) >= 11 is 5.39. The molecule has 3 rings (SSSR count). The van der Waals surface area contributed by atoms with Crippen LogP contribution in [0.5, 0.6) is 0 Å². The SMILES string of the molecule is Cc1cccc(-c2n[nH]c(=S)n2CCC(=O)NCCc2c(C)cc(C(C)(C)C)cc2C)c1. The molecule has 0 aliphatic carbocycles. The second-order valence-electron chi connectivity index (χ2n) is 9.56. The number of aromatic amines is 1. The van der Waals surface area contributed by atoms with Crippen molar-refractivity contribution in [3.05, 3.63) is 69.0 Å². The van der Waals surface area contributed by atoms with Crippen molar-refractivity contribution < 1.29 is 4.79 Å². The van der Waals surface area contributed by atoms with Crippen LogP contribution in [0.3, 0.4) is 0 Å². The zero-order valence-electron chi connectivity index (χ0n) is 20.0. The largest absolute Gasteiger partial charge is 0.356 e. The summed E-state index contributed by atoms with van der Waals surface area (Å²) in [5.41, 5.74) is 7.52. The van der Waals surface area contributed by atoms with Crippen LogP contribution < -0.4 is 5.32 Å². The lowest BCUT2D eigenvalue weighted by molar-refractivity contribution is -0.121. The highest BCUT2D eigenvalue weighted by atomic mass is 32.1. The highest BCUT2D eigenvalue weighted by molar-refractivity contribution is 7.71. The maximum absolute atomic E-state index is 12.5. The Labute approximate surface area is 196 Å². The van der Waals surface area contributed by atoms with E-state index < -0.39 is 0 Å². The van der Waals surface area contributed by atoms with Crippen molar-refractivity contribution in [3.63, 3.8) is 0 Å². The number of nitrogens with one attached hydrogen (secondary N) is 2. The van der Waals surface area contributed by atoms with E-state index in [-0.39, 0.29) is 11.3 Å². The third-order valence-corrected chi connectivity index (χ3v) is 6.17. The number of aryl methyl sites for hydroxylation is 3. The molecule has 1 aromatic heterocycles. The Morgan fingerprint density at radius 3 is 2.44 bits per heavy atom. The number of nitrogens with zero attached hydrogens (tertiary/aromatic N) is 2. The predicted octanol–water partition coefficient (Wildman–Crippen LogP) is 5.58. The number of amides is 1. The number of carbonyl (C=O) groups excluding carboxylic acids is 1. The van der Waals surface area contributed by atoms with Gasteiger partial charge < -0.3 is 5.32 Å². The summed E-state index contributed by atoms with van der Waals surface area (Å²) < 4.78 is 2.42. The Hall–Kier alpha value is -2.73. The van der Waals surface area contributed by atoms with Crippen molar-refractivity contribution >= 4 is 18.1 Å². The zero-order chi connectivity index (χ0) is 23.5. The fraction of sp³-hybridized carbons (Fsp3) is 0.423. The number of aromatic nitrogens is 3. The Balaban J connectivity index is 1.58. The Bertz CT molecular complexity index is 1140. The van der Waals surface area contributed by atoms with E-state index >= 15 is 0 Å². The molecule has 0 radical (unpaired) electrons. The maximum atomic E-state index is 12.5. The lowest BCUT2D eigenvalue weighted by atomic mass is 9.83. The third kappa shape index (κ3) is 5.74. The van der Waals surface area contributed by atoms with Crippen LogP contribution in [0, 0.1) is 25.5 Å². The van der Waals surface area contributed by atoms with Gasteiger partial charge in [-0.1, -0.05) is 56.7 Å². The molecule has 0 saturated heterocycles. The van der Waals surface area contributed by atoms with Gasteiger partial charge in [-0.3, -0.25) is 14.5 Å². The standard InChI is InChI=1S/C26H34N4OS/c1-17-8-7-9-20(14-17)24-28-29-25(32)30(24)13-11-23(31)27-12-10-22-18(2)15-21(16-19(22)3)26(4,5)6/h7-9,14-16H,10-13H2,1-6H3,(H,27,31)(H,29,32). The highest BCUT2D eigenvalue weighted by Crippen LogP contribution is 2.27. The summed E-state index contributed by atoms with van der Waals surface area (Å²) in [6.45, 7) is 14.2. The molecule has 0 atom stereocenters. The second kappa shape index (κ2) is 9.82. The molecule has 32 heavy (non-hydrogen) atoms. The van der Waals surface area contributed by atoms with Gasteiger partial charge >= 0.3 is 0 Å². The molecule has 0 unspecified atom stereocenters. The van der Waals surface area contributed by atoms with Gasteiger partial charge in [0.05, 0.1) is 0 Å². The van der Waals surface area contributed by atoms with E-state index in [4.69, 9.17) is 12.2 Å². The molecule has 0 spiro atoms. The van der Waals surface area contributed by atoms with Gasteiger partial charge in [-0.25, -0.2) is 0 Å². The minimum atomic E-state index is 0.0184. The lowest BCUT2D eigenvalue weighted by Crippen LogP contribution is -2.27. The molecule has 0 aliphatic heterocycles. The Morgan fingerprint density at radius 2 is 1.81 bits per heavy atom. The van der Waals surface area contributed by atoms with Crippen LogP contribution in [0.4, 0.5) is 0 Å². The molecule has 2 N–H and O–H groups in total. The van der Waals surface area contributed by atoms with Gasteiger partial charge in [0.15, 0.2) is 10.6 Å². The number of carbonyl (C=O) groups is 1. The molecule has 0 fully saturated rings. The fourth-order valence-corrected chi connectivity index (χ4v) is 4.20. The second-order valence-corrected chi connectivity index (χ2v) is 9.95. The minimum Gasteiger partial charge on any atom is -0.356 e. The van der Waals surface area contributed by atoms with Crippen molar-refractivity contribution in [3.8, 4) is 11.4 Å². The summed E-state index contributed by atoms with van der Waals surface area (Å²) in [5.74, 6) is 0.779. The van der Waals surface area contributed by atoms with Crippen molar-refractivity contribution in [1.82, 2.24) is 20.1 Å². The summed E-state index contributed by atoms with van der Waals surface area (Å²) in [4.78, 5) is 12.5. The van der Waals surface area contributed by atoms with E-state index in [9.17, 15) is 4.79 Å². The first-order valence-corrected chi connectivity index (χ1v) is 11.6. The summed E-state index contributed by atoms with van der Waals surface area (Å²) in [7, 11) is 0. The average Bonchev–Trinajstić information content (AvgIpc) is 3.08. The molecular formula is C26H34N4OS. The van der Waals surface area contributed by atoms with E-state index in [2.05, 4.69) is 68.3 Å². The van der Waals surface area contributed by atoms with Crippen LogP contribution in [0.2, 0.25) is 0 Å². The van der Waals surface area contributed by atoms with Crippen LogP contribution in [0.1, 0.15) is 55.0 Å². The summed E-state index contributed by atoms with van der Waals surface area (Å²) in [6.07, 6.45) is 1.18. The smallest absolute Gasteiger partial charge is 0.221 e. The third-order valence-electron chi connectivity index (χ3n) is 5.86. The molecule has 6 heteroatoms. The molecule has 5 nitrogen and oxygen atoms in total. The molecular weight excluding hydrogens is 416 g/mol. The summed E-state index contributed by atoms with van der Waals surface area (Å²) in [6, 6.07) is 12.7. The van der Waals surface area contributed by atoms with Crippen LogP contribution in [0.15, 0.2) is 36.4 Å². The van der Waals surface area contributed by atoms with E-state index in [0.29, 0.717) is 24.3 Å². The van der Waals surface area contributed by atoms with Crippen molar-refractivity contribution in [2.75, 3.05) is 6.54 Å². The van der Waals surface area contributed by atoms with Crippen LogP contribution in [-0.2, 0) is 23.2 Å². The van der Waals surface area contributed by atoms with Crippen LogP contribution >= 0.6 is 12.2 Å². The van der Waals surface area contributed by atoms with Gasteiger partial charge in [-0.2, -0.15) is 5.10 Å². The molecule has 0 saturated carbocycles. The summed E-state index contributed by atoms with van der Waals surface area (Å²) in [5, 5.41) is 10.3. The first kappa shape index (κ1) is 23.9. The first-order chi connectivity index (χ1) is 15.1. The van der Waals surface area contributed by atoms with Crippen LogP contribution in [0.25, 0.3) is 11.4 Å². The number of H-pyrrole nitrogens is 1. The first-order valence-electron chi connectivity index (χ1n) is 11.2. The van der Waals surface area contributed by atoms with E-state index in [0.717, 1.165) is 23.4 Å². The van der Waals surface area contributed by atoms with E-state index in [1.807, 2.05) is 29.7 Å². The van der Waals surface area contributed by atoms with Gasteiger partial charge in [0.2, 0.25) is 5.91 Å². The molecule has 0 bridgehead atoms. The monoisotopic (exact) mass is 450 g/mol. The number of benzene rings is 2. The van der Waals surface area contributed by atoms with Gasteiger partial charge in [0, 0.05) is 25.1 Å². The molecule has 0 aliphatic rings. The topological polar surface area (TPSA) is 62.7 Å². The van der Waals surface area contributed by atoms with Crippen molar-refractivity contribution in [2.24, 2.45) is 0 Å². The Morgan fingerprint density at radius 1 is 1.12 bits per heavy atom. The number of hydrogen-bond acceptors (Lipinski definition) is 3. The quantitative estimate of drug-likeness (QED) is 0.462. The van der Waals surface area contributed by atoms with Gasteiger partial charge in [-0.15, -0.1) is 0 Å². The molecule has 170 valence electrons. The molecule has 3 aromatic rings. The maximum Gasteiger partial charge on any atom is 0.221 e. The van der Waals surface area contributed by atoms with Gasteiger partial charge in [0.25, 0.3) is 0 Å². The molecule has 1 amide bonds. The molecule has 1 heterocycles. The molecule has 2 aromatic carbocycles. The van der Waals surface area contributed by atoms with Crippen molar-refractivity contribution in [2.45, 2.75) is 66.3 Å². The number of hydrogen-bond donors (Lipinski definition) is 2. The number of rotatable bonds is 7. The van der Waals surface area contributed by atoms with E-state index in [1.165, 1.54) is 22.3 Å². The lowest BCUT2D eigenvalue weighted by Gasteiger charge is -2.22. The predicted molar refractivity (Wildman–Crippen MR) is 134 cm³/mol. The normalized spacial score (nSPS) is 11.6. The van der Waals surface area contributed by atoms with Gasteiger partial charge in [0.1, 0.15) is 0 Å².